The van der Waals surface area contributed by atoms with Crippen molar-refractivity contribution >= 4 is 16.7 Å². The van der Waals surface area contributed by atoms with Crippen molar-refractivity contribution in [3.05, 3.63) is 53.3 Å². The topological polar surface area (TPSA) is 57.7 Å². The van der Waals surface area contributed by atoms with Crippen LogP contribution in [0.2, 0.25) is 0 Å². The van der Waals surface area contributed by atoms with E-state index in [0.29, 0.717) is 11.5 Å². The van der Waals surface area contributed by atoms with Crippen molar-refractivity contribution in [2.24, 2.45) is 7.05 Å². The Hall–Kier alpha value is -2.87. The highest BCUT2D eigenvalue weighted by Gasteiger charge is 2.26. The van der Waals surface area contributed by atoms with Crippen LogP contribution in [0.5, 0.6) is 0 Å². The highest BCUT2D eigenvalue weighted by Crippen LogP contribution is 2.31. The third-order valence-corrected chi connectivity index (χ3v) is 4.78. The summed E-state index contributed by atoms with van der Waals surface area (Å²) in [6, 6.07) is 10.3. The lowest BCUT2D eigenvalue weighted by Gasteiger charge is -2.18. The number of hydrogen-bond acceptors (Lipinski definition) is 4. The fraction of sp³-hybridized carbons (Fsp3) is 0.316. The van der Waals surface area contributed by atoms with Gasteiger partial charge < -0.3 is 4.90 Å². The zero-order chi connectivity index (χ0) is 16.7. The Morgan fingerprint density at radius 2 is 2.17 bits per heavy atom. The summed E-state index contributed by atoms with van der Waals surface area (Å²) < 4.78 is 1.85. The minimum atomic E-state index is 0.472. The summed E-state index contributed by atoms with van der Waals surface area (Å²) >= 11 is 0. The van der Waals surface area contributed by atoms with Gasteiger partial charge in [0, 0.05) is 37.6 Å². The van der Waals surface area contributed by atoms with Gasteiger partial charge in [0.2, 0.25) is 0 Å². The van der Waals surface area contributed by atoms with E-state index in [-0.39, 0.29) is 0 Å². The molecule has 24 heavy (non-hydrogen) atoms. The molecule has 1 fully saturated rings. The van der Waals surface area contributed by atoms with E-state index >= 15 is 0 Å². The van der Waals surface area contributed by atoms with Crippen LogP contribution < -0.4 is 4.90 Å². The lowest BCUT2D eigenvalue weighted by Crippen LogP contribution is -2.20. The fourth-order valence-electron chi connectivity index (χ4n) is 3.47. The number of anilines is 1. The maximum absolute atomic E-state index is 9.52. The first-order valence-corrected chi connectivity index (χ1v) is 8.19. The number of nitrogens with zero attached hydrogens (tertiary/aromatic N) is 5. The molecule has 1 aromatic carbocycles. The van der Waals surface area contributed by atoms with E-state index < -0.39 is 0 Å². The molecule has 0 amide bonds. The van der Waals surface area contributed by atoms with Gasteiger partial charge in [-0.1, -0.05) is 11.6 Å². The lowest BCUT2D eigenvalue weighted by molar-refractivity contribution is 0.754. The summed E-state index contributed by atoms with van der Waals surface area (Å²) in [5, 5.41) is 14.7. The number of pyridine rings is 1. The summed E-state index contributed by atoms with van der Waals surface area (Å²) in [5.41, 5.74) is 4.01. The molecule has 0 N–H and O–H groups in total. The number of aromatic nitrogens is 3. The minimum Gasteiger partial charge on any atom is -0.356 e. The quantitative estimate of drug-likeness (QED) is 0.728. The van der Waals surface area contributed by atoms with Gasteiger partial charge in [0.25, 0.3) is 0 Å². The highest BCUT2D eigenvalue weighted by atomic mass is 15.2. The Bertz CT molecular complexity index is 950. The standard InChI is InChI=1S/C19H19N5/c1-13-3-4-18-17(7-13)15(9-20)8-19(22-18)24-6-5-14(12-24)16-10-21-23(2)11-16/h3-4,7-8,10-11,14H,5-6,12H2,1-2H3. The number of rotatable bonds is 2. The van der Waals surface area contributed by atoms with Gasteiger partial charge in [-0.15, -0.1) is 0 Å². The summed E-state index contributed by atoms with van der Waals surface area (Å²) in [6.45, 7) is 3.91. The molecule has 2 aromatic heterocycles. The molecule has 0 spiro atoms. The molecule has 1 atom stereocenters. The van der Waals surface area contributed by atoms with E-state index in [1.807, 2.05) is 49.1 Å². The number of aryl methyl sites for hydroxylation is 2. The van der Waals surface area contributed by atoms with Gasteiger partial charge in [-0.05, 0) is 37.1 Å². The van der Waals surface area contributed by atoms with Crippen LogP contribution in [-0.4, -0.2) is 27.9 Å². The van der Waals surface area contributed by atoms with E-state index in [0.717, 1.165) is 41.8 Å². The van der Waals surface area contributed by atoms with E-state index in [1.165, 1.54) is 5.56 Å². The first kappa shape index (κ1) is 14.7. The maximum Gasteiger partial charge on any atom is 0.130 e. The van der Waals surface area contributed by atoms with Gasteiger partial charge in [-0.25, -0.2) is 4.98 Å². The Kier molecular flexibility index (Phi) is 3.46. The van der Waals surface area contributed by atoms with Crippen LogP contribution in [0.4, 0.5) is 5.82 Å². The summed E-state index contributed by atoms with van der Waals surface area (Å²) in [7, 11) is 1.95. The van der Waals surface area contributed by atoms with E-state index in [4.69, 9.17) is 4.98 Å². The molecule has 5 heteroatoms. The molecule has 0 aliphatic carbocycles. The average Bonchev–Trinajstić information content (AvgIpc) is 3.22. The van der Waals surface area contributed by atoms with Crippen LogP contribution >= 0.6 is 0 Å². The normalized spacial score (nSPS) is 17.4. The molecule has 3 aromatic rings. The van der Waals surface area contributed by atoms with Crippen LogP contribution in [0.15, 0.2) is 36.7 Å². The molecule has 1 unspecified atom stereocenters. The van der Waals surface area contributed by atoms with Crippen molar-refractivity contribution in [3.8, 4) is 6.07 Å². The van der Waals surface area contributed by atoms with Crippen LogP contribution in [0.3, 0.4) is 0 Å². The molecule has 3 heterocycles. The van der Waals surface area contributed by atoms with Crippen LogP contribution in [0.1, 0.15) is 29.0 Å². The molecule has 120 valence electrons. The molecule has 4 rings (SSSR count). The molecule has 0 bridgehead atoms. The highest BCUT2D eigenvalue weighted by molar-refractivity contribution is 5.87. The number of hydrogen-bond donors (Lipinski definition) is 0. The average molecular weight is 317 g/mol. The molecule has 5 nitrogen and oxygen atoms in total. The SMILES string of the molecule is Cc1ccc2nc(N3CCC(c4cnn(C)c4)C3)cc(C#N)c2c1. The molecular formula is C19H19N5. The first-order chi connectivity index (χ1) is 11.6. The Labute approximate surface area is 141 Å². The Balaban J connectivity index is 1.67. The zero-order valence-corrected chi connectivity index (χ0v) is 13.9. The van der Waals surface area contributed by atoms with E-state index in [2.05, 4.69) is 22.3 Å². The monoisotopic (exact) mass is 317 g/mol. The van der Waals surface area contributed by atoms with Gasteiger partial charge in [0.05, 0.1) is 23.3 Å². The summed E-state index contributed by atoms with van der Waals surface area (Å²) in [4.78, 5) is 7.07. The van der Waals surface area contributed by atoms with Gasteiger partial charge >= 0.3 is 0 Å². The molecule has 0 saturated carbocycles. The molecule has 0 radical (unpaired) electrons. The zero-order valence-electron chi connectivity index (χ0n) is 13.9. The predicted molar refractivity (Wildman–Crippen MR) is 94.0 cm³/mol. The van der Waals surface area contributed by atoms with E-state index in [1.54, 1.807) is 0 Å². The third-order valence-electron chi connectivity index (χ3n) is 4.78. The predicted octanol–water partition coefficient (Wildman–Crippen LogP) is 3.14. The summed E-state index contributed by atoms with van der Waals surface area (Å²) in [6.07, 6.45) is 5.12. The third kappa shape index (κ3) is 2.50. The second kappa shape index (κ2) is 5.64. The van der Waals surface area contributed by atoms with Crippen molar-refractivity contribution in [2.75, 3.05) is 18.0 Å². The van der Waals surface area contributed by atoms with Gasteiger partial charge in [0.1, 0.15) is 5.82 Å². The van der Waals surface area contributed by atoms with Gasteiger partial charge in [0.15, 0.2) is 0 Å². The number of nitriles is 1. The molecule has 1 aliphatic heterocycles. The van der Waals surface area contributed by atoms with Crippen molar-refractivity contribution in [1.29, 1.82) is 5.26 Å². The first-order valence-electron chi connectivity index (χ1n) is 8.19. The minimum absolute atomic E-state index is 0.472. The van der Waals surface area contributed by atoms with Crippen molar-refractivity contribution < 1.29 is 0 Å². The molecule has 1 saturated heterocycles. The number of benzene rings is 1. The van der Waals surface area contributed by atoms with Gasteiger partial charge in [-0.3, -0.25) is 4.68 Å². The smallest absolute Gasteiger partial charge is 0.130 e. The fourth-order valence-corrected chi connectivity index (χ4v) is 3.47. The number of fused-ring (bicyclic) bond motifs is 1. The summed E-state index contributed by atoms with van der Waals surface area (Å²) in [5.74, 6) is 1.37. The van der Waals surface area contributed by atoms with E-state index in [9.17, 15) is 5.26 Å². The van der Waals surface area contributed by atoms with Crippen molar-refractivity contribution in [2.45, 2.75) is 19.3 Å². The van der Waals surface area contributed by atoms with Gasteiger partial charge in [-0.2, -0.15) is 10.4 Å². The molecule has 1 aliphatic rings. The largest absolute Gasteiger partial charge is 0.356 e. The van der Waals surface area contributed by atoms with Crippen molar-refractivity contribution in [1.82, 2.24) is 14.8 Å². The Morgan fingerprint density at radius 1 is 1.29 bits per heavy atom. The van der Waals surface area contributed by atoms with Crippen molar-refractivity contribution in [3.63, 3.8) is 0 Å². The molecular weight excluding hydrogens is 298 g/mol. The Morgan fingerprint density at radius 3 is 2.92 bits per heavy atom. The van der Waals surface area contributed by atoms with Crippen LogP contribution in [0.25, 0.3) is 10.9 Å². The maximum atomic E-state index is 9.52. The van der Waals surface area contributed by atoms with Crippen LogP contribution in [-0.2, 0) is 7.05 Å². The van der Waals surface area contributed by atoms with Crippen LogP contribution in [0, 0.1) is 18.3 Å². The second-order valence-corrected chi connectivity index (χ2v) is 6.54. The lowest BCUT2D eigenvalue weighted by atomic mass is 10.0. The second-order valence-electron chi connectivity index (χ2n) is 6.54.